The number of oxazole rings is 1. The Kier molecular flexibility index (Phi) is 4.27. The number of rotatable bonds is 4. The Morgan fingerprint density at radius 3 is 2.62 bits per heavy atom. The highest BCUT2D eigenvalue weighted by Gasteiger charge is 2.08. The van der Waals surface area contributed by atoms with Gasteiger partial charge in [0.15, 0.2) is 5.76 Å². The summed E-state index contributed by atoms with van der Waals surface area (Å²) in [5.74, 6) is 1.49. The zero-order chi connectivity index (χ0) is 14.7. The number of benzene rings is 2. The average Bonchev–Trinajstić information content (AvgIpc) is 2.96. The van der Waals surface area contributed by atoms with Crippen LogP contribution < -0.4 is 0 Å². The quantitative estimate of drug-likeness (QED) is 0.600. The fourth-order valence-electron chi connectivity index (χ4n) is 1.83. The molecule has 3 rings (SSSR count). The third kappa shape index (κ3) is 3.46. The molecule has 0 spiro atoms. The van der Waals surface area contributed by atoms with E-state index in [4.69, 9.17) is 16.0 Å². The van der Waals surface area contributed by atoms with Gasteiger partial charge in [-0.2, -0.15) is 0 Å². The highest BCUT2D eigenvalue weighted by molar-refractivity contribution is 7.98. The molecule has 0 aliphatic rings. The molecule has 0 bridgehead atoms. The highest BCUT2D eigenvalue weighted by Crippen LogP contribution is 2.27. The van der Waals surface area contributed by atoms with Crippen LogP contribution in [0.2, 0.25) is 5.02 Å². The van der Waals surface area contributed by atoms with Crippen molar-refractivity contribution in [3.63, 3.8) is 0 Å². The van der Waals surface area contributed by atoms with Crippen LogP contribution in [0, 0.1) is 5.82 Å². The minimum absolute atomic E-state index is 0.230. The van der Waals surface area contributed by atoms with Gasteiger partial charge < -0.3 is 4.42 Å². The molecule has 2 aromatic carbocycles. The summed E-state index contributed by atoms with van der Waals surface area (Å²) in [7, 11) is 0. The summed E-state index contributed by atoms with van der Waals surface area (Å²) in [6.45, 7) is 0. The number of aromatic nitrogens is 1. The number of hydrogen-bond donors (Lipinski definition) is 0. The van der Waals surface area contributed by atoms with E-state index in [1.54, 1.807) is 36.5 Å². The first-order valence-corrected chi connectivity index (χ1v) is 7.67. The summed E-state index contributed by atoms with van der Waals surface area (Å²) in [6, 6.07) is 14.0. The standard InChI is InChI=1S/C16H11ClFNOS/c17-12-7-5-11(6-8-12)14-9-19-16(20-14)10-21-15-4-2-1-3-13(15)18/h1-9H,10H2. The lowest BCUT2D eigenvalue weighted by atomic mass is 10.2. The van der Waals surface area contributed by atoms with E-state index in [2.05, 4.69) is 4.98 Å². The van der Waals surface area contributed by atoms with E-state index in [1.165, 1.54) is 17.8 Å². The van der Waals surface area contributed by atoms with E-state index in [9.17, 15) is 4.39 Å². The number of halogens is 2. The Balaban J connectivity index is 1.71. The van der Waals surface area contributed by atoms with Gasteiger partial charge in [0, 0.05) is 15.5 Å². The molecule has 1 heterocycles. The lowest BCUT2D eigenvalue weighted by molar-refractivity contribution is 0.529. The summed E-state index contributed by atoms with van der Waals surface area (Å²) in [5, 5.41) is 0.675. The van der Waals surface area contributed by atoms with Crippen molar-refractivity contribution in [2.75, 3.05) is 0 Å². The lowest BCUT2D eigenvalue weighted by Crippen LogP contribution is -1.82. The predicted molar refractivity (Wildman–Crippen MR) is 82.9 cm³/mol. The van der Waals surface area contributed by atoms with Crippen molar-refractivity contribution >= 4 is 23.4 Å². The highest BCUT2D eigenvalue weighted by atomic mass is 35.5. The van der Waals surface area contributed by atoms with E-state index in [-0.39, 0.29) is 5.82 Å². The van der Waals surface area contributed by atoms with Crippen LogP contribution >= 0.6 is 23.4 Å². The topological polar surface area (TPSA) is 26.0 Å². The Morgan fingerprint density at radius 2 is 1.86 bits per heavy atom. The van der Waals surface area contributed by atoms with Gasteiger partial charge in [-0.3, -0.25) is 0 Å². The van der Waals surface area contributed by atoms with Gasteiger partial charge in [0.2, 0.25) is 5.89 Å². The second-order valence-corrected chi connectivity index (χ2v) is 5.80. The molecule has 0 aliphatic heterocycles. The van der Waals surface area contributed by atoms with Crippen LogP contribution in [0.3, 0.4) is 0 Å². The molecule has 2 nitrogen and oxygen atoms in total. The van der Waals surface area contributed by atoms with Gasteiger partial charge in [0.1, 0.15) is 5.82 Å². The van der Waals surface area contributed by atoms with Gasteiger partial charge >= 0.3 is 0 Å². The normalized spacial score (nSPS) is 10.8. The summed E-state index contributed by atoms with van der Waals surface area (Å²) < 4.78 is 19.2. The van der Waals surface area contributed by atoms with Crippen molar-refractivity contribution in [2.24, 2.45) is 0 Å². The van der Waals surface area contributed by atoms with Crippen molar-refractivity contribution in [3.05, 3.63) is 71.5 Å². The first-order valence-electron chi connectivity index (χ1n) is 6.30. The molecule has 0 saturated heterocycles. The van der Waals surface area contributed by atoms with E-state index < -0.39 is 0 Å². The lowest BCUT2D eigenvalue weighted by Gasteiger charge is -2.00. The Bertz CT molecular complexity index is 742. The number of hydrogen-bond acceptors (Lipinski definition) is 3. The van der Waals surface area contributed by atoms with Crippen LogP contribution in [-0.4, -0.2) is 4.98 Å². The maximum Gasteiger partial charge on any atom is 0.205 e. The van der Waals surface area contributed by atoms with E-state index >= 15 is 0 Å². The molecule has 21 heavy (non-hydrogen) atoms. The molecule has 0 fully saturated rings. The van der Waals surface area contributed by atoms with E-state index in [1.807, 2.05) is 12.1 Å². The third-order valence-corrected chi connectivity index (χ3v) is 4.16. The molecule has 106 valence electrons. The molecule has 0 radical (unpaired) electrons. The largest absolute Gasteiger partial charge is 0.440 e. The van der Waals surface area contributed by atoms with Crippen LogP contribution in [0.1, 0.15) is 5.89 Å². The SMILES string of the molecule is Fc1ccccc1SCc1ncc(-c2ccc(Cl)cc2)o1. The minimum atomic E-state index is -0.230. The molecular weight excluding hydrogens is 309 g/mol. The van der Waals surface area contributed by atoms with Gasteiger partial charge in [-0.05, 0) is 36.4 Å². The van der Waals surface area contributed by atoms with Gasteiger partial charge in [0.25, 0.3) is 0 Å². The summed E-state index contributed by atoms with van der Waals surface area (Å²) >= 11 is 7.21. The number of nitrogens with zero attached hydrogens (tertiary/aromatic N) is 1. The maximum atomic E-state index is 13.5. The molecule has 0 atom stereocenters. The van der Waals surface area contributed by atoms with E-state index in [0.29, 0.717) is 27.3 Å². The fraction of sp³-hybridized carbons (Fsp3) is 0.0625. The van der Waals surface area contributed by atoms with Gasteiger partial charge in [0.05, 0.1) is 11.9 Å². The Morgan fingerprint density at radius 1 is 1.10 bits per heavy atom. The molecule has 3 aromatic rings. The molecule has 5 heteroatoms. The molecule has 0 unspecified atom stereocenters. The van der Waals surface area contributed by atoms with Crippen LogP contribution in [-0.2, 0) is 5.75 Å². The molecule has 0 N–H and O–H groups in total. The minimum Gasteiger partial charge on any atom is -0.440 e. The fourth-order valence-corrected chi connectivity index (χ4v) is 2.75. The van der Waals surface area contributed by atoms with Crippen molar-refractivity contribution < 1.29 is 8.81 Å². The molecule has 0 amide bonds. The van der Waals surface area contributed by atoms with Crippen molar-refractivity contribution in [1.82, 2.24) is 4.98 Å². The van der Waals surface area contributed by atoms with Crippen molar-refractivity contribution in [2.45, 2.75) is 10.6 Å². The zero-order valence-corrected chi connectivity index (χ0v) is 12.5. The third-order valence-electron chi connectivity index (χ3n) is 2.87. The zero-order valence-electron chi connectivity index (χ0n) is 10.9. The van der Waals surface area contributed by atoms with Crippen LogP contribution in [0.15, 0.2) is 64.0 Å². The molecule has 0 saturated carbocycles. The second kappa shape index (κ2) is 6.33. The smallest absolute Gasteiger partial charge is 0.205 e. The van der Waals surface area contributed by atoms with Gasteiger partial charge in [-0.15, -0.1) is 11.8 Å². The summed E-state index contributed by atoms with van der Waals surface area (Å²) in [4.78, 5) is 4.80. The maximum absolute atomic E-state index is 13.5. The average molecular weight is 320 g/mol. The first-order chi connectivity index (χ1) is 10.2. The van der Waals surface area contributed by atoms with Gasteiger partial charge in [-0.25, -0.2) is 9.37 Å². The van der Waals surface area contributed by atoms with E-state index in [0.717, 1.165) is 5.56 Å². The summed E-state index contributed by atoms with van der Waals surface area (Å²) in [5.41, 5.74) is 0.911. The van der Waals surface area contributed by atoms with Gasteiger partial charge in [-0.1, -0.05) is 23.7 Å². The van der Waals surface area contributed by atoms with Crippen LogP contribution in [0.25, 0.3) is 11.3 Å². The molecule has 0 aliphatic carbocycles. The Labute approximate surface area is 131 Å². The van der Waals surface area contributed by atoms with Crippen LogP contribution in [0.4, 0.5) is 4.39 Å². The van der Waals surface area contributed by atoms with Crippen LogP contribution in [0.5, 0.6) is 0 Å². The summed E-state index contributed by atoms with van der Waals surface area (Å²) in [6.07, 6.45) is 1.67. The van der Waals surface area contributed by atoms with Crippen molar-refractivity contribution in [1.29, 1.82) is 0 Å². The van der Waals surface area contributed by atoms with Crippen molar-refractivity contribution in [3.8, 4) is 11.3 Å². The number of thioether (sulfide) groups is 1. The second-order valence-electron chi connectivity index (χ2n) is 4.34. The Hall–Kier alpha value is -1.78. The monoisotopic (exact) mass is 319 g/mol. The molecule has 1 aromatic heterocycles. The molecular formula is C16H11ClFNOS. The first kappa shape index (κ1) is 14.2. The predicted octanol–water partition coefficient (Wildman–Crippen LogP) is 5.43.